The zero-order valence-corrected chi connectivity index (χ0v) is 13.5. The zero-order chi connectivity index (χ0) is 14.4. The molecule has 0 saturated carbocycles. The van der Waals surface area contributed by atoms with Gasteiger partial charge in [-0.3, -0.25) is 4.79 Å². The molecule has 2 heterocycles. The van der Waals surface area contributed by atoms with Gasteiger partial charge in [0.25, 0.3) is 0 Å². The van der Waals surface area contributed by atoms with E-state index in [0.717, 1.165) is 53.8 Å². The largest absolute Gasteiger partial charge is 0.348 e. The van der Waals surface area contributed by atoms with Crippen molar-refractivity contribution in [1.29, 1.82) is 0 Å². The van der Waals surface area contributed by atoms with Gasteiger partial charge >= 0.3 is 0 Å². The number of hydrogen-bond acceptors (Lipinski definition) is 4. The number of hydrogen-bond donors (Lipinski definition) is 0. The third kappa shape index (κ3) is 3.81. The second kappa shape index (κ2) is 7.77. The maximum Gasteiger partial charge on any atom is 0.186 e. The van der Waals surface area contributed by atoms with E-state index in [1.807, 2.05) is 0 Å². The molecule has 0 bridgehead atoms. The Bertz CT molecular complexity index is 430. The van der Waals surface area contributed by atoms with E-state index in [0.29, 0.717) is 0 Å². The molecule has 1 aliphatic rings. The molecule has 0 N–H and O–H groups in total. The first-order valence-corrected chi connectivity index (χ1v) is 8.79. The zero-order valence-electron chi connectivity index (χ0n) is 12.7. The van der Waals surface area contributed by atoms with E-state index < -0.39 is 0 Å². The first-order chi connectivity index (χ1) is 9.78. The summed E-state index contributed by atoms with van der Waals surface area (Å²) in [5.74, 6) is 0.880. The van der Waals surface area contributed by atoms with Crippen molar-refractivity contribution >= 4 is 22.8 Å². The molecule has 112 valence electrons. The molecule has 1 unspecified atom stereocenters. The van der Waals surface area contributed by atoms with Crippen LogP contribution in [0.1, 0.15) is 67.7 Å². The number of carbonyl (C=O) groups excluding carboxylic acids is 1. The third-order valence-electron chi connectivity index (χ3n) is 4.13. The normalized spacial score (nSPS) is 19.9. The van der Waals surface area contributed by atoms with Gasteiger partial charge in [0.1, 0.15) is 0 Å². The lowest BCUT2D eigenvalue weighted by molar-refractivity contribution is 0.112. The number of rotatable bonds is 6. The van der Waals surface area contributed by atoms with Crippen molar-refractivity contribution in [1.82, 2.24) is 4.98 Å². The fourth-order valence-corrected chi connectivity index (χ4v) is 4.03. The van der Waals surface area contributed by atoms with E-state index in [-0.39, 0.29) is 0 Å². The number of aromatic nitrogens is 1. The number of nitrogens with zero attached hydrogens (tertiary/aromatic N) is 2. The second-order valence-electron chi connectivity index (χ2n) is 5.75. The van der Waals surface area contributed by atoms with Crippen molar-refractivity contribution in [2.24, 2.45) is 5.92 Å². The molecule has 0 radical (unpaired) electrons. The average Bonchev–Trinajstić information content (AvgIpc) is 2.71. The molecule has 1 aromatic rings. The van der Waals surface area contributed by atoms with Crippen molar-refractivity contribution in [2.75, 3.05) is 18.0 Å². The highest BCUT2D eigenvalue weighted by molar-refractivity contribution is 7.17. The van der Waals surface area contributed by atoms with Crippen LogP contribution in [0.25, 0.3) is 0 Å². The summed E-state index contributed by atoms with van der Waals surface area (Å²) in [6.45, 7) is 6.60. The Balaban J connectivity index is 2.05. The van der Waals surface area contributed by atoms with E-state index >= 15 is 0 Å². The van der Waals surface area contributed by atoms with E-state index in [1.165, 1.54) is 32.1 Å². The average molecular weight is 294 g/mol. The topological polar surface area (TPSA) is 33.2 Å². The number of aldehydes is 1. The molecule has 4 heteroatoms. The van der Waals surface area contributed by atoms with Crippen LogP contribution in [0.2, 0.25) is 0 Å². The molecule has 1 saturated heterocycles. The van der Waals surface area contributed by atoms with Crippen LogP contribution in [0.5, 0.6) is 0 Å². The molecule has 20 heavy (non-hydrogen) atoms. The predicted octanol–water partition coefficient (Wildman–Crippen LogP) is 4.31. The molecule has 0 amide bonds. The maximum atomic E-state index is 11.2. The minimum atomic E-state index is 0.830. The van der Waals surface area contributed by atoms with Crippen LogP contribution in [0, 0.1) is 5.92 Å². The van der Waals surface area contributed by atoms with Crippen LogP contribution >= 0.6 is 11.3 Å². The standard InChI is InChI=1S/C16H26N2OS/c1-3-6-13-8-5-10-18(11-9-13)16-17-14(7-4-2)15(12-19)20-16/h12-13H,3-11H2,1-2H3. The van der Waals surface area contributed by atoms with E-state index in [9.17, 15) is 4.79 Å². The lowest BCUT2D eigenvalue weighted by Crippen LogP contribution is -2.24. The van der Waals surface area contributed by atoms with Gasteiger partial charge in [-0.2, -0.15) is 0 Å². The molecule has 1 aromatic heterocycles. The van der Waals surface area contributed by atoms with Crippen LogP contribution in [-0.2, 0) is 6.42 Å². The van der Waals surface area contributed by atoms with Gasteiger partial charge in [-0.05, 0) is 31.6 Å². The van der Waals surface area contributed by atoms with Gasteiger partial charge in [0.05, 0.1) is 10.6 Å². The highest BCUT2D eigenvalue weighted by Crippen LogP contribution is 2.30. The van der Waals surface area contributed by atoms with Crippen LogP contribution in [0.4, 0.5) is 5.13 Å². The predicted molar refractivity (Wildman–Crippen MR) is 86.0 cm³/mol. The lowest BCUT2D eigenvalue weighted by atomic mass is 9.96. The van der Waals surface area contributed by atoms with E-state index in [4.69, 9.17) is 4.98 Å². The van der Waals surface area contributed by atoms with Crippen LogP contribution in [0.15, 0.2) is 0 Å². The van der Waals surface area contributed by atoms with Crippen molar-refractivity contribution in [3.63, 3.8) is 0 Å². The molecule has 1 fully saturated rings. The molecule has 0 aromatic carbocycles. The highest BCUT2D eigenvalue weighted by Gasteiger charge is 2.20. The Morgan fingerprint density at radius 3 is 2.85 bits per heavy atom. The van der Waals surface area contributed by atoms with E-state index in [1.54, 1.807) is 11.3 Å². The maximum absolute atomic E-state index is 11.2. The van der Waals surface area contributed by atoms with E-state index in [2.05, 4.69) is 18.7 Å². The Labute approximate surface area is 126 Å². The molecule has 1 atom stereocenters. The smallest absolute Gasteiger partial charge is 0.186 e. The van der Waals surface area contributed by atoms with Gasteiger partial charge in [-0.25, -0.2) is 4.98 Å². The summed E-state index contributed by atoms with van der Waals surface area (Å²) in [4.78, 5) is 19.1. The number of thiazole rings is 1. The summed E-state index contributed by atoms with van der Waals surface area (Å²) in [6.07, 6.45) is 9.45. The molecule has 1 aliphatic heterocycles. The quantitative estimate of drug-likeness (QED) is 0.733. The first kappa shape index (κ1) is 15.5. The minimum Gasteiger partial charge on any atom is -0.348 e. The van der Waals surface area contributed by atoms with Crippen molar-refractivity contribution in [3.05, 3.63) is 10.6 Å². The van der Waals surface area contributed by atoms with Crippen LogP contribution in [0.3, 0.4) is 0 Å². The number of anilines is 1. The molecular weight excluding hydrogens is 268 g/mol. The Morgan fingerprint density at radius 1 is 1.30 bits per heavy atom. The molecule has 3 nitrogen and oxygen atoms in total. The first-order valence-electron chi connectivity index (χ1n) is 7.98. The molecular formula is C16H26N2OS. The lowest BCUT2D eigenvalue weighted by Gasteiger charge is -2.19. The fraction of sp³-hybridized carbons (Fsp3) is 0.750. The summed E-state index contributed by atoms with van der Waals surface area (Å²) in [5.41, 5.74) is 0.997. The highest BCUT2D eigenvalue weighted by atomic mass is 32.1. The fourth-order valence-electron chi connectivity index (χ4n) is 3.05. The van der Waals surface area contributed by atoms with Crippen molar-refractivity contribution in [2.45, 2.75) is 58.8 Å². The SMILES string of the molecule is CCCc1nc(N2CCCC(CCC)CC2)sc1C=O. The van der Waals surface area contributed by atoms with Gasteiger partial charge in [0.15, 0.2) is 11.4 Å². The Kier molecular flexibility index (Phi) is 6.02. The summed E-state index contributed by atoms with van der Waals surface area (Å²) in [5, 5.41) is 1.06. The van der Waals surface area contributed by atoms with Crippen LogP contribution < -0.4 is 4.90 Å². The van der Waals surface area contributed by atoms with Crippen LogP contribution in [-0.4, -0.2) is 24.4 Å². The molecule has 0 spiro atoms. The van der Waals surface area contributed by atoms with Crippen molar-refractivity contribution < 1.29 is 4.79 Å². The Morgan fingerprint density at radius 2 is 2.15 bits per heavy atom. The molecule has 2 rings (SSSR count). The third-order valence-corrected chi connectivity index (χ3v) is 5.21. The summed E-state index contributed by atoms with van der Waals surface area (Å²) >= 11 is 1.58. The Hall–Kier alpha value is -0.900. The van der Waals surface area contributed by atoms with Gasteiger partial charge in [-0.15, -0.1) is 0 Å². The number of carbonyl (C=O) groups is 1. The van der Waals surface area contributed by atoms with Gasteiger partial charge in [0.2, 0.25) is 0 Å². The van der Waals surface area contributed by atoms with Gasteiger partial charge in [-0.1, -0.05) is 44.4 Å². The monoisotopic (exact) mass is 294 g/mol. The summed E-state index contributed by atoms with van der Waals surface area (Å²) in [6, 6.07) is 0. The number of aryl methyl sites for hydroxylation is 1. The summed E-state index contributed by atoms with van der Waals surface area (Å²) < 4.78 is 0. The van der Waals surface area contributed by atoms with Gasteiger partial charge in [0, 0.05) is 13.1 Å². The van der Waals surface area contributed by atoms with Crippen molar-refractivity contribution in [3.8, 4) is 0 Å². The van der Waals surface area contributed by atoms with Gasteiger partial charge < -0.3 is 4.90 Å². The molecule has 0 aliphatic carbocycles. The summed E-state index contributed by atoms with van der Waals surface area (Å²) in [7, 11) is 0. The minimum absolute atomic E-state index is 0.830. The second-order valence-corrected chi connectivity index (χ2v) is 6.76.